The molecule has 0 bridgehead atoms. The largest absolute Gasteiger partial charge is 0.497 e. The van der Waals surface area contributed by atoms with Crippen molar-refractivity contribution in [3.63, 3.8) is 0 Å². The summed E-state index contributed by atoms with van der Waals surface area (Å²) >= 11 is 1.26. The molecule has 2 aromatic rings. The number of rotatable bonds is 10. The molecule has 154 valence electrons. The summed E-state index contributed by atoms with van der Waals surface area (Å²) < 4.78 is 5.13. The zero-order valence-electron chi connectivity index (χ0n) is 16.4. The number of thioether (sulfide) groups is 1. The lowest BCUT2D eigenvalue weighted by Crippen LogP contribution is -3.11. The molecule has 29 heavy (non-hydrogen) atoms. The summed E-state index contributed by atoms with van der Waals surface area (Å²) in [6, 6.07) is 14.2. The van der Waals surface area contributed by atoms with Gasteiger partial charge in [0, 0.05) is 16.6 Å². The van der Waals surface area contributed by atoms with Crippen LogP contribution in [0.2, 0.25) is 0 Å². The average molecular weight is 418 g/mol. The van der Waals surface area contributed by atoms with Crippen molar-refractivity contribution < 1.29 is 24.0 Å². The summed E-state index contributed by atoms with van der Waals surface area (Å²) in [6.07, 6.45) is 0. The third-order valence-electron chi connectivity index (χ3n) is 3.81. The molecule has 1 atom stereocenters. The number of likely N-dealkylation sites (N-methyl/N-ethyl adjacent to an activating group) is 1. The van der Waals surface area contributed by atoms with Gasteiger partial charge in [-0.1, -0.05) is 18.2 Å². The number of methoxy groups -OCH3 is 1. The van der Waals surface area contributed by atoms with Crippen molar-refractivity contribution in [2.75, 3.05) is 43.6 Å². The predicted molar refractivity (Wildman–Crippen MR) is 113 cm³/mol. The van der Waals surface area contributed by atoms with Gasteiger partial charge in [0.2, 0.25) is 5.91 Å². The van der Waals surface area contributed by atoms with E-state index in [0.717, 1.165) is 9.80 Å². The first kappa shape index (κ1) is 22.3. The quantitative estimate of drug-likeness (QED) is 0.417. The van der Waals surface area contributed by atoms with Crippen molar-refractivity contribution in [3.05, 3.63) is 48.5 Å². The highest BCUT2D eigenvalue weighted by atomic mass is 32.2. The first-order valence-corrected chi connectivity index (χ1v) is 9.91. The minimum Gasteiger partial charge on any atom is -0.497 e. The first-order chi connectivity index (χ1) is 13.9. The maximum atomic E-state index is 12.4. The van der Waals surface area contributed by atoms with Crippen LogP contribution in [-0.2, 0) is 14.4 Å². The Kier molecular flexibility index (Phi) is 8.50. The number of hydrogen-bond donors (Lipinski definition) is 4. The van der Waals surface area contributed by atoms with Gasteiger partial charge in [0.1, 0.15) is 5.75 Å². The number of nitrogens with one attached hydrogen (secondary N) is 3. The van der Waals surface area contributed by atoms with E-state index in [2.05, 4.69) is 10.6 Å². The second-order valence-corrected chi connectivity index (χ2v) is 7.41. The molecular weight excluding hydrogens is 392 g/mol. The van der Waals surface area contributed by atoms with Gasteiger partial charge < -0.3 is 26.0 Å². The van der Waals surface area contributed by atoms with E-state index in [1.165, 1.54) is 11.8 Å². The van der Waals surface area contributed by atoms with E-state index in [1.54, 1.807) is 56.6 Å². The zero-order valence-corrected chi connectivity index (χ0v) is 17.2. The summed E-state index contributed by atoms with van der Waals surface area (Å²) in [7, 11) is 3.32. The number of quaternary nitrogens is 1. The number of carbonyl (C=O) groups excluding carboxylic acids is 3. The number of anilines is 2. The molecule has 0 aromatic heterocycles. The van der Waals surface area contributed by atoms with Crippen LogP contribution in [0.5, 0.6) is 5.75 Å². The van der Waals surface area contributed by atoms with Crippen LogP contribution in [0.1, 0.15) is 0 Å². The minimum absolute atomic E-state index is 0.111. The number of amides is 3. The van der Waals surface area contributed by atoms with Gasteiger partial charge in [0.15, 0.2) is 13.1 Å². The van der Waals surface area contributed by atoms with Crippen LogP contribution in [0, 0.1) is 0 Å². The highest BCUT2D eigenvalue weighted by Gasteiger charge is 2.16. The molecule has 0 radical (unpaired) electrons. The van der Waals surface area contributed by atoms with Gasteiger partial charge in [0.25, 0.3) is 11.8 Å². The number of hydrogen-bond acceptors (Lipinski definition) is 5. The molecule has 1 unspecified atom stereocenters. The fourth-order valence-electron chi connectivity index (χ4n) is 2.56. The summed E-state index contributed by atoms with van der Waals surface area (Å²) in [6.45, 7) is 0.239. The Morgan fingerprint density at radius 3 is 2.41 bits per heavy atom. The maximum absolute atomic E-state index is 12.4. The molecule has 2 aromatic carbocycles. The normalized spacial score (nSPS) is 11.4. The third kappa shape index (κ3) is 7.84. The molecule has 0 spiro atoms. The van der Waals surface area contributed by atoms with Crippen molar-refractivity contribution in [1.29, 1.82) is 0 Å². The van der Waals surface area contributed by atoms with Crippen molar-refractivity contribution in [2.24, 2.45) is 5.73 Å². The predicted octanol–water partition coefficient (Wildman–Crippen LogP) is 0.365. The molecule has 3 amide bonds. The van der Waals surface area contributed by atoms with Crippen LogP contribution in [0.4, 0.5) is 11.4 Å². The third-order valence-corrected chi connectivity index (χ3v) is 4.91. The highest BCUT2D eigenvalue weighted by molar-refractivity contribution is 8.00. The molecule has 0 aliphatic heterocycles. The van der Waals surface area contributed by atoms with E-state index in [4.69, 9.17) is 10.5 Å². The van der Waals surface area contributed by atoms with Crippen LogP contribution in [0.3, 0.4) is 0 Å². The van der Waals surface area contributed by atoms with Crippen molar-refractivity contribution in [3.8, 4) is 5.75 Å². The number of ether oxygens (including phenoxy) is 1. The fourth-order valence-corrected chi connectivity index (χ4v) is 3.30. The monoisotopic (exact) mass is 417 g/mol. The van der Waals surface area contributed by atoms with Crippen molar-refractivity contribution in [1.82, 2.24) is 0 Å². The van der Waals surface area contributed by atoms with Gasteiger partial charge in [-0.3, -0.25) is 14.4 Å². The standard InChI is InChI=1S/C20H24N4O4S/c1-24(11-19(26)22-14-6-5-7-15(10-14)28-2)12-20(27)23-16-8-3-4-9-17(16)29-13-18(21)25/h3-10H,11-13H2,1-2H3,(H2,21,25)(H,22,26)(H,23,27)/p+1. The van der Waals surface area contributed by atoms with Crippen molar-refractivity contribution in [2.45, 2.75) is 4.90 Å². The molecule has 0 saturated carbocycles. The topological polar surface area (TPSA) is 115 Å². The molecule has 0 aliphatic rings. The van der Waals surface area contributed by atoms with Crippen LogP contribution in [0.15, 0.2) is 53.4 Å². The Hall–Kier alpha value is -3.04. The highest BCUT2D eigenvalue weighted by Crippen LogP contribution is 2.26. The van der Waals surface area contributed by atoms with E-state index in [1.807, 2.05) is 6.07 Å². The molecule has 0 heterocycles. The Balaban J connectivity index is 1.86. The van der Waals surface area contributed by atoms with Crippen LogP contribution in [-0.4, -0.2) is 50.7 Å². The molecule has 0 saturated heterocycles. The Morgan fingerprint density at radius 1 is 1.03 bits per heavy atom. The zero-order chi connectivity index (χ0) is 21.2. The molecule has 9 heteroatoms. The van der Waals surface area contributed by atoms with E-state index in [-0.39, 0.29) is 30.7 Å². The molecule has 0 fully saturated rings. The number of para-hydroxylation sites is 1. The summed E-state index contributed by atoms with van der Waals surface area (Å²) in [5, 5.41) is 5.61. The Bertz CT molecular complexity index is 875. The number of nitrogens with two attached hydrogens (primary N) is 1. The summed E-state index contributed by atoms with van der Waals surface area (Å²) in [5.74, 6) is -0.0921. The lowest BCUT2D eigenvalue weighted by Gasteiger charge is -2.15. The number of benzene rings is 2. The van der Waals surface area contributed by atoms with Gasteiger partial charge in [-0.05, 0) is 24.3 Å². The van der Waals surface area contributed by atoms with E-state index < -0.39 is 5.91 Å². The van der Waals surface area contributed by atoms with E-state index in [9.17, 15) is 14.4 Å². The first-order valence-electron chi connectivity index (χ1n) is 8.92. The molecule has 5 N–H and O–H groups in total. The molecular formula is C20H25N4O4S+. The van der Waals surface area contributed by atoms with Gasteiger partial charge in [-0.25, -0.2) is 0 Å². The van der Waals surface area contributed by atoms with Gasteiger partial charge >= 0.3 is 0 Å². The minimum atomic E-state index is -0.428. The van der Waals surface area contributed by atoms with Crippen LogP contribution < -0.4 is 26.0 Å². The Labute approximate surface area is 173 Å². The van der Waals surface area contributed by atoms with Crippen LogP contribution in [0.25, 0.3) is 0 Å². The second kappa shape index (κ2) is 11.1. The molecule has 0 aliphatic carbocycles. The lowest BCUT2D eigenvalue weighted by molar-refractivity contribution is -0.862. The Morgan fingerprint density at radius 2 is 1.72 bits per heavy atom. The number of carbonyl (C=O) groups is 3. The summed E-state index contributed by atoms with van der Waals surface area (Å²) in [5.41, 5.74) is 6.42. The maximum Gasteiger partial charge on any atom is 0.279 e. The lowest BCUT2D eigenvalue weighted by atomic mass is 10.3. The van der Waals surface area contributed by atoms with E-state index in [0.29, 0.717) is 17.1 Å². The van der Waals surface area contributed by atoms with Gasteiger partial charge in [0.05, 0.1) is 25.6 Å². The second-order valence-electron chi connectivity index (χ2n) is 6.39. The summed E-state index contributed by atoms with van der Waals surface area (Å²) in [4.78, 5) is 37.0. The molecule has 2 rings (SSSR count). The fraction of sp³-hybridized carbons (Fsp3) is 0.250. The van der Waals surface area contributed by atoms with Crippen LogP contribution >= 0.6 is 11.8 Å². The van der Waals surface area contributed by atoms with Gasteiger partial charge in [-0.2, -0.15) is 0 Å². The van der Waals surface area contributed by atoms with Gasteiger partial charge in [-0.15, -0.1) is 11.8 Å². The average Bonchev–Trinajstić information content (AvgIpc) is 2.67. The number of primary amides is 1. The van der Waals surface area contributed by atoms with Crippen molar-refractivity contribution >= 4 is 40.9 Å². The smallest absolute Gasteiger partial charge is 0.279 e. The van der Waals surface area contributed by atoms with E-state index >= 15 is 0 Å². The molecule has 8 nitrogen and oxygen atoms in total. The SMILES string of the molecule is COc1cccc(NC(=O)C[NH+](C)CC(=O)Nc2ccccc2SCC(N)=O)c1.